The predicted octanol–water partition coefficient (Wildman–Crippen LogP) is 2.80. The van der Waals surface area contributed by atoms with Crippen LogP contribution in [0.2, 0.25) is 0 Å². The third-order valence-electron chi connectivity index (χ3n) is 5.47. The number of carbonyl (C=O) groups excluding carboxylic acids is 4. The van der Waals surface area contributed by atoms with E-state index in [4.69, 9.17) is 9.47 Å². The van der Waals surface area contributed by atoms with Crippen molar-refractivity contribution in [2.24, 2.45) is 0 Å². The highest BCUT2D eigenvalue weighted by atomic mass is 16.6. The number of alkyl carbamates (subject to hydrolysis) is 1. The van der Waals surface area contributed by atoms with Crippen LogP contribution in [0.3, 0.4) is 0 Å². The van der Waals surface area contributed by atoms with Crippen molar-refractivity contribution in [1.29, 1.82) is 0 Å². The summed E-state index contributed by atoms with van der Waals surface area (Å²) in [6.07, 6.45) is 1.56. The third-order valence-corrected chi connectivity index (χ3v) is 5.47. The zero-order chi connectivity index (χ0) is 26.2. The van der Waals surface area contributed by atoms with Crippen LogP contribution in [0.4, 0.5) is 4.79 Å². The molecule has 1 saturated carbocycles. The minimum atomic E-state index is -1.06. The van der Waals surface area contributed by atoms with E-state index in [1.165, 1.54) is 24.0 Å². The van der Waals surface area contributed by atoms with Crippen molar-refractivity contribution in [3.63, 3.8) is 0 Å². The summed E-state index contributed by atoms with van der Waals surface area (Å²) in [7, 11) is 0. The molecule has 0 aliphatic heterocycles. The molecule has 1 fully saturated rings. The number of hydrogen-bond donors (Lipinski definition) is 3. The molecule has 0 saturated heterocycles. The summed E-state index contributed by atoms with van der Waals surface area (Å²) in [5.41, 5.74) is -0.313. The second-order valence-electron chi connectivity index (χ2n) is 9.54. The summed E-state index contributed by atoms with van der Waals surface area (Å²) in [4.78, 5) is 52.4. The molecule has 0 aromatic heterocycles. The fourth-order valence-electron chi connectivity index (χ4n) is 3.70. The molecular weight excluding hydrogens is 454 g/mol. The van der Waals surface area contributed by atoms with Gasteiger partial charge in [-0.3, -0.25) is 14.4 Å². The van der Waals surface area contributed by atoms with Crippen molar-refractivity contribution in [3.05, 3.63) is 29.8 Å². The van der Waals surface area contributed by atoms with E-state index in [-0.39, 0.29) is 31.4 Å². The van der Waals surface area contributed by atoms with E-state index < -0.39 is 41.6 Å². The van der Waals surface area contributed by atoms with E-state index in [2.05, 4.69) is 10.6 Å². The van der Waals surface area contributed by atoms with E-state index in [9.17, 15) is 24.3 Å². The first-order chi connectivity index (χ1) is 16.4. The molecule has 0 bridgehead atoms. The molecule has 3 N–H and O–H groups in total. The maximum atomic E-state index is 13.6. The van der Waals surface area contributed by atoms with E-state index in [0.717, 1.165) is 6.42 Å². The van der Waals surface area contributed by atoms with Crippen LogP contribution in [0.1, 0.15) is 71.9 Å². The molecule has 0 heterocycles. The largest absolute Gasteiger partial charge is 0.508 e. The van der Waals surface area contributed by atoms with Gasteiger partial charge in [0.1, 0.15) is 23.4 Å². The summed E-state index contributed by atoms with van der Waals surface area (Å²) in [6, 6.07) is 3.91. The lowest BCUT2D eigenvalue weighted by Gasteiger charge is -2.43. The monoisotopic (exact) mass is 491 g/mol. The Balaban J connectivity index is 2.29. The fourth-order valence-corrected chi connectivity index (χ4v) is 3.70. The molecule has 1 aromatic rings. The van der Waals surface area contributed by atoms with Crippen molar-refractivity contribution in [1.82, 2.24) is 15.5 Å². The van der Waals surface area contributed by atoms with Crippen LogP contribution in [0, 0.1) is 0 Å². The number of phenols is 1. The molecule has 1 aliphatic carbocycles. The number of ether oxygens (including phenoxy) is 2. The standard InChI is InChI=1S/C25H37N3O7/c1-6-34-20(30)13-14-26-22(31)21(17-9-7-12-19(29)15-17)28(18-10-8-11-18)23(32)16(2)27-24(33)35-25(3,4)5/h7,9,12,15-16,18,21,29H,6,8,10-11,13-14H2,1-5H3,(H,26,31)(H,27,33). The Kier molecular flexibility index (Phi) is 9.91. The van der Waals surface area contributed by atoms with Crippen molar-refractivity contribution < 1.29 is 33.8 Å². The Labute approximate surface area is 206 Å². The molecule has 2 unspecified atom stereocenters. The predicted molar refractivity (Wildman–Crippen MR) is 128 cm³/mol. The lowest BCUT2D eigenvalue weighted by Crippen LogP contribution is -2.56. The van der Waals surface area contributed by atoms with E-state index in [1.54, 1.807) is 39.8 Å². The summed E-state index contributed by atoms with van der Waals surface area (Å²) in [5, 5.41) is 15.3. The quantitative estimate of drug-likeness (QED) is 0.429. The summed E-state index contributed by atoms with van der Waals surface area (Å²) in [5.74, 6) is -1.43. The van der Waals surface area contributed by atoms with Gasteiger partial charge in [-0.15, -0.1) is 0 Å². The van der Waals surface area contributed by atoms with Crippen LogP contribution in [-0.2, 0) is 23.9 Å². The van der Waals surface area contributed by atoms with Crippen LogP contribution < -0.4 is 10.6 Å². The second-order valence-corrected chi connectivity index (χ2v) is 9.54. The summed E-state index contributed by atoms with van der Waals surface area (Å²) < 4.78 is 10.2. The van der Waals surface area contributed by atoms with E-state index >= 15 is 0 Å². The van der Waals surface area contributed by atoms with Gasteiger partial charge in [-0.25, -0.2) is 4.79 Å². The van der Waals surface area contributed by atoms with Crippen LogP contribution in [0.25, 0.3) is 0 Å². The number of rotatable bonds is 10. The van der Waals surface area contributed by atoms with Gasteiger partial charge < -0.3 is 30.1 Å². The number of nitrogens with zero attached hydrogens (tertiary/aromatic N) is 1. The van der Waals surface area contributed by atoms with Gasteiger partial charge in [0.2, 0.25) is 11.8 Å². The third kappa shape index (κ3) is 8.45. The molecule has 10 nitrogen and oxygen atoms in total. The van der Waals surface area contributed by atoms with Crippen LogP contribution in [0.5, 0.6) is 5.75 Å². The first-order valence-corrected chi connectivity index (χ1v) is 12.0. The molecule has 2 atom stereocenters. The Bertz CT molecular complexity index is 909. The maximum Gasteiger partial charge on any atom is 0.408 e. The smallest absolute Gasteiger partial charge is 0.408 e. The minimum absolute atomic E-state index is 0.0136. The van der Waals surface area contributed by atoms with Gasteiger partial charge in [0, 0.05) is 12.6 Å². The maximum absolute atomic E-state index is 13.6. The highest BCUT2D eigenvalue weighted by Gasteiger charge is 2.41. The summed E-state index contributed by atoms with van der Waals surface area (Å²) in [6.45, 7) is 8.67. The van der Waals surface area contributed by atoms with Crippen molar-refractivity contribution in [3.8, 4) is 5.75 Å². The molecule has 194 valence electrons. The molecule has 1 aliphatic rings. The average molecular weight is 492 g/mol. The van der Waals surface area contributed by atoms with Gasteiger partial charge in [-0.05, 0) is 71.6 Å². The lowest BCUT2D eigenvalue weighted by atomic mass is 9.88. The average Bonchev–Trinajstić information content (AvgIpc) is 2.70. The number of nitrogens with one attached hydrogen (secondary N) is 2. The summed E-state index contributed by atoms with van der Waals surface area (Å²) >= 11 is 0. The number of amides is 3. The number of phenolic OH excluding ortho intramolecular Hbond substituents is 1. The molecule has 10 heteroatoms. The van der Waals surface area contributed by atoms with Crippen LogP contribution >= 0.6 is 0 Å². The van der Waals surface area contributed by atoms with Crippen molar-refractivity contribution in [2.75, 3.05) is 13.2 Å². The Hall–Kier alpha value is -3.30. The molecule has 2 rings (SSSR count). The Morgan fingerprint density at radius 2 is 1.89 bits per heavy atom. The van der Waals surface area contributed by atoms with Crippen molar-refractivity contribution >= 4 is 23.9 Å². The number of carbonyl (C=O) groups is 4. The van der Waals surface area contributed by atoms with Crippen molar-refractivity contribution in [2.45, 2.75) is 84.0 Å². The number of hydrogen-bond acceptors (Lipinski definition) is 7. The van der Waals surface area contributed by atoms with E-state index in [1.807, 2.05) is 0 Å². The Morgan fingerprint density at radius 3 is 2.43 bits per heavy atom. The normalized spacial score (nSPS) is 15.2. The Morgan fingerprint density at radius 1 is 1.20 bits per heavy atom. The van der Waals surface area contributed by atoms with Gasteiger partial charge in [0.15, 0.2) is 0 Å². The van der Waals surface area contributed by atoms with Gasteiger partial charge in [0.25, 0.3) is 0 Å². The number of aromatic hydroxyl groups is 1. The lowest BCUT2D eigenvalue weighted by molar-refractivity contribution is -0.147. The SMILES string of the molecule is CCOC(=O)CCNC(=O)C(c1cccc(O)c1)N(C(=O)C(C)NC(=O)OC(C)(C)C)C1CCC1. The zero-order valence-corrected chi connectivity index (χ0v) is 21.1. The van der Waals surface area contributed by atoms with Crippen LogP contribution in [0.15, 0.2) is 24.3 Å². The molecular formula is C25H37N3O7. The van der Waals surface area contributed by atoms with Gasteiger partial charge in [-0.2, -0.15) is 0 Å². The van der Waals surface area contributed by atoms with Gasteiger partial charge in [-0.1, -0.05) is 12.1 Å². The highest BCUT2D eigenvalue weighted by Crippen LogP contribution is 2.34. The van der Waals surface area contributed by atoms with Crippen LogP contribution in [-0.4, -0.2) is 64.7 Å². The molecule has 35 heavy (non-hydrogen) atoms. The zero-order valence-electron chi connectivity index (χ0n) is 21.1. The first kappa shape index (κ1) is 27.9. The minimum Gasteiger partial charge on any atom is -0.508 e. The fraction of sp³-hybridized carbons (Fsp3) is 0.600. The number of benzene rings is 1. The van der Waals surface area contributed by atoms with Gasteiger partial charge >= 0.3 is 12.1 Å². The molecule has 0 radical (unpaired) electrons. The molecule has 1 aromatic carbocycles. The van der Waals surface area contributed by atoms with E-state index in [0.29, 0.717) is 18.4 Å². The first-order valence-electron chi connectivity index (χ1n) is 12.0. The topological polar surface area (TPSA) is 134 Å². The molecule has 0 spiro atoms. The van der Waals surface area contributed by atoms with Gasteiger partial charge in [0.05, 0.1) is 13.0 Å². The molecule has 3 amide bonds. The number of esters is 1. The highest BCUT2D eigenvalue weighted by molar-refractivity contribution is 5.92. The second kappa shape index (κ2) is 12.4.